The fraction of sp³-hybridized carbons (Fsp3) is 0.444. The van der Waals surface area contributed by atoms with Gasteiger partial charge in [-0.15, -0.1) is 0 Å². The number of pyridine rings is 1. The first-order valence-electron chi connectivity index (χ1n) is 3.97. The van der Waals surface area contributed by atoms with Gasteiger partial charge in [0.2, 0.25) is 0 Å². The van der Waals surface area contributed by atoms with Crippen molar-refractivity contribution in [2.75, 3.05) is 25.6 Å². The van der Waals surface area contributed by atoms with E-state index in [1.54, 1.807) is 0 Å². The summed E-state index contributed by atoms with van der Waals surface area (Å²) >= 11 is 0. The number of nitrogens with zero attached hydrogens (tertiary/aromatic N) is 2. The van der Waals surface area contributed by atoms with Crippen LogP contribution in [0.3, 0.4) is 0 Å². The summed E-state index contributed by atoms with van der Waals surface area (Å²) in [6.07, 6.45) is 2.44. The molecule has 0 aliphatic carbocycles. The molecule has 1 aromatic rings. The molecule has 0 atom stereocenters. The number of aromatic nitrogens is 1. The lowest BCUT2D eigenvalue weighted by Gasteiger charge is -2.11. The maximum absolute atomic E-state index is 8.65. The third-order valence-electron chi connectivity index (χ3n) is 1.69. The Hall–Kier alpha value is -1.09. The molecule has 12 heavy (non-hydrogen) atoms. The van der Waals surface area contributed by atoms with Crippen LogP contribution < -0.4 is 4.90 Å². The maximum Gasteiger partial charge on any atom is 0.0547 e. The average Bonchev–Trinajstić information content (AvgIpc) is 2.06. The van der Waals surface area contributed by atoms with Crippen LogP contribution >= 0.6 is 0 Å². The summed E-state index contributed by atoms with van der Waals surface area (Å²) in [4.78, 5) is 6.18. The molecule has 3 nitrogen and oxygen atoms in total. The Morgan fingerprint density at radius 3 is 2.58 bits per heavy atom. The van der Waals surface area contributed by atoms with Crippen molar-refractivity contribution in [2.24, 2.45) is 0 Å². The van der Waals surface area contributed by atoms with Gasteiger partial charge in [-0.1, -0.05) is 0 Å². The van der Waals surface area contributed by atoms with Gasteiger partial charge >= 0.3 is 0 Å². The molecule has 1 N–H and O–H groups in total. The molecule has 0 aliphatic rings. The molecule has 0 aliphatic heterocycles. The van der Waals surface area contributed by atoms with Crippen LogP contribution in [0.15, 0.2) is 18.3 Å². The van der Waals surface area contributed by atoms with Crippen molar-refractivity contribution in [3.8, 4) is 0 Å². The summed E-state index contributed by atoms with van der Waals surface area (Å²) in [5.74, 6) is 0. The molecule has 0 spiro atoms. The average molecular weight is 166 g/mol. The van der Waals surface area contributed by atoms with E-state index in [1.807, 2.05) is 37.3 Å². The van der Waals surface area contributed by atoms with Crippen LogP contribution in [0, 0.1) is 0 Å². The topological polar surface area (TPSA) is 36.4 Å². The molecule has 0 bridgehead atoms. The van der Waals surface area contributed by atoms with Crippen LogP contribution in [0.4, 0.5) is 5.69 Å². The minimum Gasteiger partial charge on any atom is -0.396 e. The van der Waals surface area contributed by atoms with E-state index >= 15 is 0 Å². The highest BCUT2D eigenvalue weighted by Gasteiger charge is 1.96. The number of rotatable bonds is 3. The van der Waals surface area contributed by atoms with Gasteiger partial charge in [-0.3, -0.25) is 4.98 Å². The van der Waals surface area contributed by atoms with Crippen LogP contribution in [0.2, 0.25) is 0 Å². The zero-order chi connectivity index (χ0) is 8.97. The van der Waals surface area contributed by atoms with Crippen molar-refractivity contribution in [3.05, 3.63) is 24.0 Å². The second-order valence-electron chi connectivity index (χ2n) is 2.88. The summed E-state index contributed by atoms with van der Waals surface area (Å²) in [6, 6.07) is 3.93. The van der Waals surface area contributed by atoms with Crippen LogP contribution in [0.5, 0.6) is 0 Å². The molecular formula is C9H14N2O. The van der Waals surface area contributed by atoms with Gasteiger partial charge in [0.25, 0.3) is 0 Å². The minimum atomic E-state index is 0.161. The number of aliphatic hydroxyl groups is 1. The Morgan fingerprint density at radius 2 is 2.17 bits per heavy atom. The predicted molar refractivity (Wildman–Crippen MR) is 49.4 cm³/mol. The summed E-state index contributed by atoms with van der Waals surface area (Å²) in [5, 5.41) is 8.65. The second-order valence-corrected chi connectivity index (χ2v) is 2.88. The molecular weight excluding hydrogens is 152 g/mol. The van der Waals surface area contributed by atoms with E-state index in [0.29, 0.717) is 6.42 Å². The largest absolute Gasteiger partial charge is 0.396 e. The molecule has 1 heterocycles. The highest BCUT2D eigenvalue weighted by molar-refractivity contribution is 5.42. The van der Waals surface area contributed by atoms with Crippen molar-refractivity contribution < 1.29 is 5.11 Å². The number of anilines is 1. The molecule has 0 saturated heterocycles. The lowest BCUT2D eigenvalue weighted by atomic mass is 10.2. The molecule has 66 valence electrons. The van der Waals surface area contributed by atoms with Crippen molar-refractivity contribution in [1.82, 2.24) is 4.98 Å². The van der Waals surface area contributed by atoms with Crippen LogP contribution in [-0.4, -0.2) is 30.8 Å². The number of hydrogen-bond donors (Lipinski definition) is 1. The fourth-order valence-electron chi connectivity index (χ4n) is 0.944. The molecule has 0 saturated carbocycles. The van der Waals surface area contributed by atoms with Crippen LogP contribution in [0.25, 0.3) is 0 Å². The summed E-state index contributed by atoms with van der Waals surface area (Å²) in [6.45, 7) is 0.161. The lowest BCUT2D eigenvalue weighted by Crippen LogP contribution is -2.09. The Bertz CT molecular complexity index is 231. The Labute approximate surface area is 72.7 Å². The molecule has 0 radical (unpaired) electrons. The minimum absolute atomic E-state index is 0.161. The first-order valence-corrected chi connectivity index (χ1v) is 3.97. The number of aliphatic hydroxyl groups excluding tert-OH is 1. The van der Waals surface area contributed by atoms with Crippen LogP contribution in [0.1, 0.15) is 5.69 Å². The zero-order valence-corrected chi connectivity index (χ0v) is 7.49. The monoisotopic (exact) mass is 166 g/mol. The molecule has 1 rings (SSSR count). The van der Waals surface area contributed by atoms with E-state index < -0.39 is 0 Å². The van der Waals surface area contributed by atoms with Crippen molar-refractivity contribution >= 4 is 5.69 Å². The van der Waals surface area contributed by atoms with Gasteiger partial charge in [-0.2, -0.15) is 0 Å². The SMILES string of the molecule is CN(C)c1ccc(CCO)nc1. The smallest absolute Gasteiger partial charge is 0.0547 e. The van der Waals surface area contributed by atoms with Gasteiger partial charge in [-0.05, 0) is 12.1 Å². The first-order chi connectivity index (χ1) is 5.74. The maximum atomic E-state index is 8.65. The highest BCUT2D eigenvalue weighted by Crippen LogP contribution is 2.08. The Morgan fingerprint density at radius 1 is 1.42 bits per heavy atom. The summed E-state index contributed by atoms with van der Waals surface area (Å²) < 4.78 is 0. The molecule has 0 amide bonds. The van der Waals surface area contributed by atoms with E-state index in [1.165, 1.54) is 0 Å². The molecule has 1 aromatic heterocycles. The fourth-order valence-corrected chi connectivity index (χ4v) is 0.944. The predicted octanol–water partition coefficient (Wildman–Crippen LogP) is 0.682. The van der Waals surface area contributed by atoms with E-state index in [2.05, 4.69) is 4.98 Å². The van der Waals surface area contributed by atoms with E-state index in [-0.39, 0.29) is 6.61 Å². The van der Waals surface area contributed by atoms with Gasteiger partial charge in [0.15, 0.2) is 0 Å². The van der Waals surface area contributed by atoms with E-state index in [4.69, 9.17) is 5.11 Å². The highest BCUT2D eigenvalue weighted by atomic mass is 16.3. The third-order valence-corrected chi connectivity index (χ3v) is 1.69. The van der Waals surface area contributed by atoms with Gasteiger partial charge in [-0.25, -0.2) is 0 Å². The second kappa shape index (κ2) is 4.07. The molecule has 3 heteroatoms. The van der Waals surface area contributed by atoms with Gasteiger partial charge in [0, 0.05) is 32.8 Å². The van der Waals surface area contributed by atoms with Gasteiger partial charge in [0.05, 0.1) is 11.9 Å². The van der Waals surface area contributed by atoms with E-state index in [9.17, 15) is 0 Å². The molecule has 0 unspecified atom stereocenters. The third kappa shape index (κ3) is 2.20. The quantitative estimate of drug-likeness (QED) is 0.717. The van der Waals surface area contributed by atoms with E-state index in [0.717, 1.165) is 11.4 Å². The summed E-state index contributed by atoms with van der Waals surface area (Å²) in [7, 11) is 3.95. The van der Waals surface area contributed by atoms with Gasteiger partial charge < -0.3 is 10.0 Å². The number of hydrogen-bond acceptors (Lipinski definition) is 3. The normalized spacial score (nSPS) is 9.92. The first kappa shape index (κ1) is 9.00. The van der Waals surface area contributed by atoms with Crippen molar-refractivity contribution in [2.45, 2.75) is 6.42 Å². The van der Waals surface area contributed by atoms with Crippen molar-refractivity contribution in [3.63, 3.8) is 0 Å². The van der Waals surface area contributed by atoms with Crippen molar-refractivity contribution in [1.29, 1.82) is 0 Å². The Kier molecular flexibility index (Phi) is 3.05. The Balaban J connectivity index is 2.71. The summed E-state index contributed by atoms with van der Waals surface area (Å²) in [5.41, 5.74) is 2.01. The molecule has 0 fully saturated rings. The van der Waals surface area contributed by atoms with Crippen LogP contribution in [-0.2, 0) is 6.42 Å². The lowest BCUT2D eigenvalue weighted by molar-refractivity contribution is 0.298. The molecule has 0 aromatic carbocycles. The van der Waals surface area contributed by atoms with Gasteiger partial charge in [0.1, 0.15) is 0 Å². The zero-order valence-electron chi connectivity index (χ0n) is 7.49. The standard InChI is InChI=1S/C9H14N2O/c1-11(2)9-4-3-8(5-6-12)10-7-9/h3-4,7,12H,5-6H2,1-2H3.